The zero-order chi connectivity index (χ0) is 14.6. The lowest BCUT2D eigenvalue weighted by Gasteiger charge is -2.24. The molecule has 1 aliphatic rings. The van der Waals surface area contributed by atoms with Gasteiger partial charge in [-0.2, -0.15) is 0 Å². The second kappa shape index (κ2) is 6.22. The van der Waals surface area contributed by atoms with Crippen molar-refractivity contribution in [1.82, 2.24) is 5.32 Å². The molecule has 4 nitrogen and oxygen atoms in total. The fourth-order valence-electron chi connectivity index (χ4n) is 2.44. The van der Waals surface area contributed by atoms with Crippen LogP contribution in [0.1, 0.15) is 32.6 Å². The number of nitrogens with one attached hydrogen (secondary N) is 1. The van der Waals surface area contributed by atoms with Crippen LogP contribution in [0.5, 0.6) is 5.75 Å². The SMILES string of the molecule is CC(CNC(=O)C1(N)CCCC1)Oc1ccccc1F. The van der Waals surface area contributed by atoms with Crippen molar-refractivity contribution in [3.8, 4) is 5.75 Å². The third kappa shape index (κ3) is 3.48. The Kier molecular flexibility index (Phi) is 4.60. The smallest absolute Gasteiger partial charge is 0.240 e. The van der Waals surface area contributed by atoms with Crippen LogP contribution in [0.4, 0.5) is 4.39 Å². The number of amides is 1. The lowest BCUT2D eigenvalue weighted by atomic mass is 9.98. The van der Waals surface area contributed by atoms with E-state index in [1.54, 1.807) is 25.1 Å². The summed E-state index contributed by atoms with van der Waals surface area (Å²) in [5, 5.41) is 2.79. The normalized spacial score (nSPS) is 18.6. The first-order valence-corrected chi connectivity index (χ1v) is 7.00. The molecule has 1 aromatic carbocycles. The lowest BCUT2D eigenvalue weighted by Crippen LogP contribution is -2.53. The third-order valence-electron chi connectivity index (χ3n) is 3.66. The minimum absolute atomic E-state index is 0.140. The number of nitrogens with two attached hydrogens (primary N) is 1. The summed E-state index contributed by atoms with van der Waals surface area (Å²) >= 11 is 0. The number of ether oxygens (including phenoxy) is 1. The molecule has 0 saturated heterocycles. The Hall–Kier alpha value is -1.62. The molecule has 3 N–H and O–H groups in total. The van der Waals surface area contributed by atoms with E-state index in [0.29, 0.717) is 6.54 Å². The summed E-state index contributed by atoms with van der Waals surface area (Å²) < 4.78 is 18.9. The summed E-state index contributed by atoms with van der Waals surface area (Å²) in [5.41, 5.74) is 5.31. The Morgan fingerprint density at radius 1 is 1.45 bits per heavy atom. The fourth-order valence-corrected chi connectivity index (χ4v) is 2.44. The number of hydrogen-bond donors (Lipinski definition) is 2. The van der Waals surface area contributed by atoms with Crippen LogP contribution in [0.15, 0.2) is 24.3 Å². The molecule has 1 aliphatic carbocycles. The number of para-hydroxylation sites is 1. The highest BCUT2D eigenvalue weighted by Crippen LogP contribution is 2.27. The molecule has 1 atom stereocenters. The highest BCUT2D eigenvalue weighted by molar-refractivity contribution is 5.86. The Morgan fingerprint density at radius 3 is 2.75 bits per heavy atom. The molecule has 1 saturated carbocycles. The van der Waals surface area contributed by atoms with Gasteiger partial charge < -0.3 is 15.8 Å². The molecule has 0 spiro atoms. The molecule has 0 bridgehead atoms. The van der Waals surface area contributed by atoms with Crippen molar-refractivity contribution in [3.63, 3.8) is 0 Å². The Balaban J connectivity index is 1.82. The molecule has 1 amide bonds. The van der Waals surface area contributed by atoms with E-state index in [0.717, 1.165) is 25.7 Å². The average Bonchev–Trinajstić information content (AvgIpc) is 2.87. The van der Waals surface area contributed by atoms with E-state index < -0.39 is 11.4 Å². The monoisotopic (exact) mass is 280 g/mol. The summed E-state index contributed by atoms with van der Waals surface area (Å²) in [5.74, 6) is -0.353. The summed E-state index contributed by atoms with van der Waals surface area (Å²) in [4.78, 5) is 12.0. The first kappa shape index (κ1) is 14.8. The average molecular weight is 280 g/mol. The van der Waals surface area contributed by atoms with Crippen molar-refractivity contribution in [2.24, 2.45) is 5.73 Å². The highest BCUT2D eigenvalue weighted by Gasteiger charge is 2.36. The van der Waals surface area contributed by atoms with Crippen LogP contribution in [-0.4, -0.2) is 24.1 Å². The van der Waals surface area contributed by atoms with Gasteiger partial charge in [0.2, 0.25) is 5.91 Å². The first-order chi connectivity index (χ1) is 9.51. The van der Waals surface area contributed by atoms with Gasteiger partial charge in [-0.3, -0.25) is 4.79 Å². The zero-order valence-electron chi connectivity index (χ0n) is 11.7. The maximum Gasteiger partial charge on any atom is 0.240 e. The molecule has 20 heavy (non-hydrogen) atoms. The predicted octanol–water partition coefficient (Wildman–Crippen LogP) is 1.98. The van der Waals surface area contributed by atoms with Gasteiger partial charge in [0.25, 0.3) is 0 Å². The number of carbonyl (C=O) groups excluding carboxylic acids is 1. The standard InChI is InChI=1S/C15H21FN2O2/c1-11(20-13-7-3-2-6-12(13)16)10-18-14(19)15(17)8-4-5-9-15/h2-3,6-7,11H,4-5,8-10,17H2,1H3,(H,18,19). The van der Waals surface area contributed by atoms with Crippen molar-refractivity contribution in [2.75, 3.05) is 6.54 Å². The van der Waals surface area contributed by atoms with E-state index in [-0.39, 0.29) is 17.8 Å². The second-order valence-electron chi connectivity index (χ2n) is 5.43. The number of halogens is 1. The number of rotatable bonds is 5. The van der Waals surface area contributed by atoms with Crippen LogP contribution in [0, 0.1) is 5.82 Å². The largest absolute Gasteiger partial charge is 0.486 e. The maximum atomic E-state index is 13.4. The van der Waals surface area contributed by atoms with E-state index in [1.165, 1.54) is 6.07 Å². The van der Waals surface area contributed by atoms with Crippen LogP contribution >= 0.6 is 0 Å². The maximum absolute atomic E-state index is 13.4. The lowest BCUT2D eigenvalue weighted by molar-refractivity contribution is -0.126. The van der Waals surface area contributed by atoms with Crippen LogP contribution in [0.2, 0.25) is 0 Å². The first-order valence-electron chi connectivity index (χ1n) is 7.00. The van der Waals surface area contributed by atoms with E-state index in [2.05, 4.69) is 5.32 Å². The number of carbonyl (C=O) groups is 1. The Labute approximate surface area is 118 Å². The van der Waals surface area contributed by atoms with Gasteiger partial charge in [0.05, 0.1) is 12.1 Å². The number of benzene rings is 1. The van der Waals surface area contributed by atoms with Gasteiger partial charge in [-0.15, -0.1) is 0 Å². The molecule has 1 fully saturated rings. The van der Waals surface area contributed by atoms with E-state index in [9.17, 15) is 9.18 Å². The third-order valence-corrected chi connectivity index (χ3v) is 3.66. The van der Waals surface area contributed by atoms with Gasteiger partial charge >= 0.3 is 0 Å². The van der Waals surface area contributed by atoms with Crippen molar-refractivity contribution < 1.29 is 13.9 Å². The van der Waals surface area contributed by atoms with Gasteiger partial charge in [0.15, 0.2) is 11.6 Å². The summed E-state index contributed by atoms with van der Waals surface area (Å²) in [6, 6.07) is 6.22. The van der Waals surface area contributed by atoms with Crippen LogP contribution < -0.4 is 15.8 Å². The molecule has 110 valence electrons. The second-order valence-corrected chi connectivity index (χ2v) is 5.43. The summed E-state index contributed by atoms with van der Waals surface area (Å²) in [6.45, 7) is 2.09. The molecule has 0 aliphatic heterocycles. The Bertz CT molecular complexity index is 473. The number of hydrogen-bond acceptors (Lipinski definition) is 3. The molecule has 0 radical (unpaired) electrons. The van der Waals surface area contributed by atoms with E-state index >= 15 is 0 Å². The van der Waals surface area contributed by atoms with Gasteiger partial charge in [-0.1, -0.05) is 25.0 Å². The van der Waals surface area contributed by atoms with E-state index in [1.807, 2.05) is 0 Å². The minimum atomic E-state index is -0.738. The molecule has 0 aromatic heterocycles. The van der Waals surface area contributed by atoms with Crippen molar-refractivity contribution in [2.45, 2.75) is 44.2 Å². The van der Waals surface area contributed by atoms with Crippen molar-refractivity contribution >= 4 is 5.91 Å². The van der Waals surface area contributed by atoms with Gasteiger partial charge in [0, 0.05) is 0 Å². The highest BCUT2D eigenvalue weighted by atomic mass is 19.1. The minimum Gasteiger partial charge on any atom is -0.486 e. The molecule has 0 heterocycles. The van der Waals surface area contributed by atoms with Crippen LogP contribution in [-0.2, 0) is 4.79 Å². The quantitative estimate of drug-likeness (QED) is 0.867. The van der Waals surface area contributed by atoms with Crippen LogP contribution in [0.3, 0.4) is 0 Å². The van der Waals surface area contributed by atoms with Crippen LogP contribution in [0.25, 0.3) is 0 Å². The molecule has 2 rings (SSSR count). The predicted molar refractivity (Wildman–Crippen MR) is 74.9 cm³/mol. The zero-order valence-corrected chi connectivity index (χ0v) is 11.7. The summed E-state index contributed by atoms with van der Waals surface area (Å²) in [6.07, 6.45) is 3.11. The molecule has 1 aromatic rings. The fraction of sp³-hybridized carbons (Fsp3) is 0.533. The van der Waals surface area contributed by atoms with Crippen molar-refractivity contribution in [1.29, 1.82) is 0 Å². The molecule has 5 heteroatoms. The molecular formula is C15H21FN2O2. The molecule has 1 unspecified atom stereocenters. The van der Waals surface area contributed by atoms with Gasteiger partial charge in [-0.05, 0) is 31.9 Å². The van der Waals surface area contributed by atoms with Gasteiger partial charge in [-0.25, -0.2) is 4.39 Å². The van der Waals surface area contributed by atoms with Gasteiger partial charge in [0.1, 0.15) is 6.10 Å². The Morgan fingerprint density at radius 2 is 2.10 bits per heavy atom. The van der Waals surface area contributed by atoms with E-state index in [4.69, 9.17) is 10.5 Å². The topological polar surface area (TPSA) is 64.4 Å². The van der Waals surface area contributed by atoms with Crippen molar-refractivity contribution in [3.05, 3.63) is 30.1 Å². The molecular weight excluding hydrogens is 259 g/mol. The summed E-state index contributed by atoms with van der Waals surface area (Å²) in [7, 11) is 0.